The van der Waals surface area contributed by atoms with Gasteiger partial charge < -0.3 is 4.90 Å². The number of sulfone groups is 1. The quantitative estimate of drug-likeness (QED) is 0.859. The Balaban J connectivity index is 2.26. The van der Waals surface area contributed by atoms with Crippen LogP contribution in [0.4, 0.5) is 0 Å². The minimum atomic E-state index is -3.67. The summed E-state index contributed by atoms with van der Waals surface area (Å²) in [4.78, 5) is 13.9. The predicted molar refractivity (Wildman–Crippen MR) is 73.9 cm³/mol. The molecular formula is C13H16ClNO3S. The zero-order valence-electron chi connectivity index (χ0n) is 10.7. The van der Waals surface area contributed by atoms with Gasteiger partial charge in [-0.05, 0) is 38.0 Å². The monoisotopic (exact) mass is 301 g/mol. The van der Waals surface area contributed by atoms with E-state index in [-0.39, 0.29) is 10.8 Å². The van der Waals surface area contributed by atoms with Gasteiger partial charge in [-0.25, -0.2) is 8.42 Å². The first-order valence-electron chi connectivity index (χ1n) is 6.21. The Morgan fingerprint density at radius 3 is 2.53 bits per heavy atom. The summed E-state index contributed by atoms with van der Waals surface area (Å²) in [7, 11) is -3.67. The van der Waals surface area contributed by atoms with Crippen molar-refractivity contribution in [3.8, 4) is 0 Å². The Bertz CT molecular complexity index is 579. The van der Waals surface area contributed by atoms with Crippen LogP contribution in [0.5, 0.6) is 0 Å². The molecule has 0 aromatic heterocycles. The molecule has 1 aromatic rings. The maximum absolute atomic E-state index is 12.4. The highest BCUT2D eigenvalue weighted by molar-refractivity contribution is 7.92. The van der Waals surface area contributed by atoms with E-state index in [2.05, 4.69) is 0 Å². The lowest BCUT2D eigenvalue weighted by Crippen LogP contribution is -2.39. The lowest BCUT2D eigenvalue weighted by molar-refractivity contribution is -0.129. The molecule has 0 spiro atoms. The fraction of sp³-hybridized carbons (Fsp3) is 0.462. The van der Waals surface area contributed by atoms with Gasteiger partial charge in [0, 0.05) is 18.1 Å². The number of rotatable bonds is 3. The highest BCUT2D eigenvalue weighted by Gasteiger charge is 2.33. The second kappa shape index (κ2) is 5.51. The van der Waals surface area contributed by atoms with E-state index in [9.17, 15) is 13.2 Å². The van der Waals surface area contributed by atoms with Crippen LogP contribution in [0.3, 0.4) is 0 Å². The van der Waals surface area contributed by atoms with Crippen LogP contribution in [0.25, 0.3) is 0 Å². The molecule has 0 unspecified atom stereocenters. The Morgan fingerprint density at radius 1 is 1.32 bits per heavy atom. The second-order valence-electron chi connectivity index (χ2n) is 4.68. The predicted octanol–water partition coefficient (Wildman–Crippen LogP) is 2.12. The molecule has 1 aliphatic heterocycles. The van der Waals surface area contributed by atoms with Crippen molar-refractivity contribution in [2.75, 3.05) is 13.1 Å². The molecule has 1 atom stereocenters. The number of carbonyl (C=O) groups is 1. The average molecular weight is 302 g/mol. The molecule has 1 amide bonds. The third-order valence-electron chi connectivity index (χ3n) is 3.36. The fourth-order valence-electron chi connectivity index (χ4n) is 2.18. The minimum Gasteiger partial charge on any atom is -0.342 e. The van der Waals surface area contributed by atoms with E-state index in [0.717, 1.165) is 12.8 Å². The van der Waals surface area contributed by atoms with Gasteiger partial charge in [0.25, 0.3) is 0 Å². The van der Waals surface area contributed by atoms with Crippen LogP contribution in [0, 0.1) is 0 Å². The summed E-state index contributed by atoms with van der Waals surface area (Å²) in [6.07, 6.45) is 1.88. The largest absolute Gasteiger partial charge is 0.342 e. The molecule has 0 saturated carbocycles. The Kier molecular flexibility index (Phi) is 4.16. The molecule has 19 heavy (non-hydrogen) atoms. The van der Waals surface area contributed by atoms with Crippen molar-refractivity contribution < 1.29 is 13.2 Å². The van der Waals surface area contributed by atoms with E-state index in [1.54, 1.807) is 17.0 Å². The summed E-state index contributed by atoms with van der Waals surface area (Å²) in [6.45, 7) is 2.74. The first-order valence-corrected chi connectivity index (χ1v) is 8.13. The first kappa shape index (κ1) is 14.3. The second-order valence-corrected chi connectivity index (χ2v) is 7.38. The maximum Gasteiger partial charge on any atom is 0.241 e. The van der Waals surface area contributed by atoms with Crippen molar-refractivity contribution in [1.82, 2.24) is 4.90 Å². The van der Waals surface area contributed by atoms with Crippen molar-refractivity contribution in [2.24, 2.45) is 0 Å². The molecule has 6 heteroatoms. The van der Waals surface area contributed by atoms with Gasteiger partial charge in [-0.1, -0.05) is 17.7 Å². The van der Waals surface area contributed by atoms with Gasteiger partial charge in [0.05, 0.1) is 4.90 Å². The summed E-state index contributed by atoms with van der Waals surface area (Å²) in [6, 6.07) is 6.02. The molecule has 4 nitrogen and oxygen atoms in total. The smallest absolute Gasteiger partial charge is 0.241 e. The molecule has 2 rings (SSSR count). The molecule has 1 heterocycles. The van der Waals surface area contributed by atoms with Crippen molar-refractivity contribution >= 4 is 27.3 Å². The summed E-state index contributed by atoms with van der Waals surface area (Å²) in [5, 5.41) is -0.717. The van der Waals surface area contributed by atoms with Crippen molar-refractivity contribution in [3.05, 3.63) is 29.3 Å². The van der Waals surface area contributed by atoms with Gasteiger partial charge >= 0.3 is 0 Å². The fourth-order valence-corrected chi connectivity index (χ4v) is 3.81. The number of amides is 1. The Labute approximate surface area is 118 Å². The number of carbonyl (C=O) groups excluding carboxylic acids is 1. The minimum absolute atomic E-state index is 0.0973. The van der Waals surface area contributed by atoms with Crippen LogP contribution in [-0.4, -0.2) is 37.6 Å². The molecule has 0 bridgehead atoms. The van der Waals surface area contributed by atoms with Crippen molar-refractivity contribution in [1.29, 1.82) is 0 Å². The van der Waals surface area contributed by atoms with E-state index in [1.807, 2.05) is 0 Å². The standard InChI is InChI=1S/C13H16ClNO3S/c1-10(13(16)15-7-2-3-8-15)19(17,18)12-6-4-5-11(14)9-12/h4-6,9-10H,2-3,7-8H2,1H3/t10-/m1/s1. The Hall–Kier alpha value is -1.07. The van der Waals surface area contributed by atoms with E-state index < -0.39 is 15.1 Å². The SMILES string of the molecule is C[C@H](C(=O)N1CCCC1)S(=O)(=O)c1cccc(Cl)c1. The van der Waals surface area contributed by atoms with Gasteiger partial charge in [-0.2, -0.15) is 0 Å². The lowest BCUT2D eigenvalue weighted by Gasteiger charge is -2.20. The topological polar surface area (TPSA) is 54.5 Å². The number of halogens is 1. The maximum atomic E-state index is 12.4. The van der Waals surface area contributed by atoms with Crippen LogP contribution in [0.1, 0.15) is 19.8 Å². The molecule has 0 aliphatic carbocycles. The van der Waals surface area contributed by atoms with Crippen LogP contribution < -0.4 is 0 Å². The molecule has 0 N–H and O–H groups in total. The highest BCUT2D eigenvalue weighted by atomic mass is 35.5. The van der Waals surface area contributed by atoms with Crippen LogP contribution >= 0.6 is 11.6 Å². The molecule has 1 aliphatic rings. The summed E-state index contributed by atoms with van der Waals surface area (Å²) < 4.78 is 24.8. The highest BCUT2D eigenvalue weighted by Crippen LogP contribution is 2.22. The first-order chi connectivity index (χ1) is 8.93. The molecule has 1 fully saturated rings. The number of benzene rings is 1. The van der Waals surface area contributed by atoms with Crippen LogP contribution in [-0.2, 0) is 14.6 Å². The van der Waals surface area contributed by atoms with Crippen LogP contribution in [0.15, 0.2) is 29.2 Å². The molecule has 104 valence electrons. The normalized spacial score (nSPS) is 17.5. The van der Waals surface area contributed by atoms with Gasteiger partial charge in [0.15, 0.2) is 9.84 Å². The van der Waals surface area contributed by atoms with E-state index >= 15 is 0 Å². The zero-order valence-corrected chi connectivity index (χ0v) is 12.2. The third-order valence-corrected chi connectivity index (χ3v) is 5.63. The molecule has 1 aromatic carbocycles. The van der Waals surface area contributed by atoms with E-state index in [4.69, 9.17) is 11.6 Å². The third kappa shape index (κ3) is 2.92. The summed E-state index contributed by atoms with van der Waals surface area (Å²) in [5.74, 6) is -0.322. The summed E-state index contributed by atoms with van der Waals surface area (Å²) in [5.41, 5.74) is 0. The molecular weight excluding hydrogens is 286 g/mol. The number of hydrogen-bond donors (Lipinski definition) is 0. The van der Waals surface area contributed by atoms with Crippen molar-refractivity contribution in [2.45, 2.75) is 29.9 Å². The zero-order chi connectivity index (χ0) is 14.0. The number of likely N-dealkylation sites (tertiary alicyclic amines) is 1. The van der Waals surface area contributed by atoms with Crippen LogP contribution in [0.2, 0.25) is 5.02 Å². The average Bonchev–Trinajstić information content (AvgIpc) is 2.90. The van der Waals surface area contributed by atoms with Gasteiger partial charge in [0.1, 0.15) is 5.25 Å². The Morgan fingerprint density at radius 2 is 1.95 bits per heavy atom. The molecule has 1 saturated heterocycles. The number of hydrogen-bond acceptors (Lipinski definition) is 3. The summed E-state index contributed by atoms with van der Waals surface area (Å²) >= 11 is 5.80. The van der Waals surface area contributed by atoms with E-state index in [0.29, 0.717) is 18.1 Å². The van der Waals surface area contributed by atoms with Gasteiger partial charge in [0.2, 0.25) is 5.91 Å². The lowest BCUT2D eigenvalue weighted by atomic mass is 10.4. The number of nitrogens with zero attached hydrogens (tertiary/aromatic N) is 1. The van der Waals surface area contributed by atoms with Gasteiger partial charge in [-0.15, -0.1) is 0 Å². The van der Waals surface area contributed by atoms with Gasteiger partial charge in [-0.3, -0.25) is 4.79 Å². The van der Waals surface area contributed by atoms with Crippen molar-refractivity contribution in [3.63, 3.8) is 0 Å². The molecule has 0 radical (unpaired) electrons. The van der Waals surface area contributed by atoms with E-state index in [1.165, 1.54) is 19.1 Å².